The average molecular weight is 279 g/mol. The van der Waals surface area contributed by atoms with Gasteiger partial charge in [0.2, 0.25) is 0 Å². The molecule has 20 heavy (non-hydrogen) atoms. The van der Waals surface area contributed by atoms with Gasteiger partial charge in [0, 0.05) is 13.7 Å². The van der Waals surface area contributed by atoms with Crippen LogP contribution in [-0.2, 0) is 15.9 Å². The topological polar surface area (TPSA) is 30.5 Å². The Balaban J connectivity index is 2.41. The van der Waals surface area contributed by atoms with Crippen LogP contribution in [0.15, 0.2) is 24.3 Å². The summed E-state index contributed by atoms with van der Waals surface area (Å²) >= 11 is 0. The van der Waals surface area contributed by atoms with Crippen molar-refractivity contribution in [3.63, 3.8) is 0 Å². The molecule has 0 amide bonds. The lowest BCUT2D eigenvalue weighted by molar-refractivity contribution is 0.0636. The second-order valence-electron chi connectivity index (χ2n) is 5.20. The van der Waals surface area contributed by atoms with Crippen molar-refractivity contribution in [2.75, 3.05) is 40.0 Å². The molecule has 0 aromatic heterocycles. The van der Waals surface area contributed by atoms with Crippen LogP contribution in [0.2, 0.25) is 0 Å². The number of hydrogen-bond donors (Lipinski definition) is 1. The monoisotopic (exact) mass is 279 g/mol. The fraction of sp³-hybridized carbons (Fsp3) is 0.647. The van der Waals surface area contributed by atoms with Crippen LogP contribution in [0, 0.1) is 12.8 Å². The number of nitrogens with one attached hydrogen (secondary N) is 1. The molecule has 0 heterocycles. The molecule has 0 aliphatic carbocycles. The first-order chi connectivity index (χ1) is 9.77. The van der Waals surface area contributed by atoms with Crippen molar-refractivity contribution in [3.05, 3.63) is 35.4 Å². The number of methoxy groups -OCH3 is 1. The summed E-state index contributed by atoms with van der Waals surface area (Å²) in [6, 6.07) is 8.66. The van der Waals surface area contributed by atoms with Crippen LogP contribution in [0.25, 0.3) is 0 Å². The van der Waals surface area contributed by atoms with Gasteiger partial charge in [0.05, 0.1) is 13.2 Å². The van der Waals surface area contributed by atoms with Crippen LogP contribution in [0.1, 0.15) is 24.5 Å². The van der Waals surface area contributed by atoms with Gasteiger partial charge in [-0.15, -0.1) is 0 Å². The third kappa shape index (κ3) is 7.04. The SMILES string of the molecule is CCNCC(CCOCCOC)Cc1ccccc1C. The first-order valence-corrected chi connectivity index (χ1v) is 7.59. The highest BCUT2D eigenvalue weighted by atomic mass is 16.5. The van der Waals surface area contributed by atoms with Gasteiger partial charge in [-0.3, -0.25) is 0 Å². The molecule has 0 fully saturated rings. The Bertz CT molecular complexity index is 355. The molecule has 114 valence electrons. The third-order valence-electron chi connectivity index (χ3n) is 3.56. The summed E-state index contributed by atoms with van der Waals surface area (Å²) in [5.74, 6) is 0.624. The number of hydrogen-bond acceptors (Lipinski definition) is 3. The normalized spacial score (nSPS) is 12.6. The molecule has 0 radical (unpaired) electrons. The predicted molar refractivity (Wildman–Crippen MR) is 84.2 cm³/mol. The zero-order valence-electron chi connectivity index (χ0n) is 13.2. The largest absolute Gasteiger partial charge is 0.382 e. The molecule has 3 nitrogen and oxygen atoms in total. The van der Waals surface area contributed by atoms with Crippen molar-refractivity contribution < 1.29 is 9.47 Å². The van der Waals surface area contributed by atoms with Crippen LogP contribution < -0.4 is 5.32 Å². The summed E-state index contributed by atoms with van der Waals surface area (Å²) in [4.78, 5) is 0. The second-order valence-corrected chi connectivity index (χ2v) is 5.20. The zero-order valence-corrected chi connectivity index (χ0v) is 13.2. The Labute approximate surface area is 123 Å². The highest BCUT2D eigenvalue weighted by molar-refractivity contribution is 5.25. The molecule has 0 spiro atoms. The first kappa shape index (κ1) is 17.2. The maximum Gasteiger partial charge on any atom is 0.0700 e. The van der Waals surface area contributed by atoms with Gasteiger partial charge >= 0.3 is 0 Å². The lowest BCUT2D eigenvalue weighted by Crippen LogP contribution is -2.25. The van der Waals surface area contributed by atoms with Crippen LogP contribution >= 0.6 is 0 Å². The lowest BCUT2D eigenvalue weighted by Gasteiger charge is -2.18. The van der Waals surface area contributed by atoms with Crippen molar-refractivity contribution >= 4 is 0 Å². The molecule has 1 unspecified atom stereocenters. The van der Waals surface area contributed by atoms with Crippen LogP contribution in [0.3, 0.4) is 0 Å². The maximum absolute atomic E-state index is 5.60. The van der Waals surface area contributed by atoms with Gasteiger partial charge in [-0.25, -0.2) is 0 Å². The minimum absolute atomic E-state index is 0.624. The molecule has 0 saturated carbocycles. The molecule has 3 heteroatoms. The molecular formula is C17H29NO2. The Kier molecular flexibility index (Phi) is 9.29. The smallest absolute Gasteiger partial charge is 0.0700 e. The van der Waals surface area contributed by atoms with E-state index < -0.39 is 0 Å². The summed E-state index contributed by atoms with van der Waals surface area (Å²) in [7, 11) is 1.70. The fourth-order valence-electron chi connectivity index (χ4n) is 2.27. The van der Waals surface area contributed by atoms with E-state index in [1.54, 1.807) is 7.11 Å². The Morgan fingerprint density at radius 2 is 1.95 bits per heavy atom. The molecule has 0 saturated heterocycles. The highest BCUT2D eigenvalue weighted by Gasteiger charge is 2.10. The quantitative estimate of drug-likeness (QED) is 0.632. The number of benzene rings is 1. The van der Waals surface area contributed by atoms with Gasteiger partial charge in [0.1, 0.15) is 0 Å². The Morgan fingerprint density at radius 1 is 1.15 bits per heavy atom. The minimum atomic E-state index is 0.624. The van der Waals surface area contributed by atoms with E-state index in [-0.39, 0.29) is 0 Å². The van der Waals surface area contributed by atoms with Gasteiger partial charge in [0.25, 0.3) is 0 Å². The molecule has 1 aromatic carbocycles. The van der Waals surface area contributed by atoms with E-state index in [1.165, 1.54) is 11.1 Å². The Hall–Kier alpha value is -0.900. The number of aryl methyl sites for hydroxylation is 1. The van der Waals surface area contributed by atoms with E-state index in [2.05, 4.69) is 43.4 Å². The summed E-state index contributed by atoms with van der Waals surface area (Å²) in [6.45, 7) is 8.59. The van der Waals surface area contributed by atoms with Crippen molar-refractivity contribution in [3.8, 4) is 0 Å². The first-order valence-electron chi connectivity index (χ1n) is 7.59. The van der Waals surface area contributed by atoms with Gasteiger partial charge < -0.3 is 14.8 Å². The third-order valence-corrected chi connectivity index (χ3v) is 3.56. The molecular weight excluding hydrogens is 250 g/mol. The van der Waals surface area contributed by atoms with Gasteiger partial charge in [0.15, 0.2) is 0 Å². The van der Waals surface area contributed by atoms with E-state index in [1.807, 2.05) is 0 Å². The maximum atomic E-state index is 5.60. The minimum Gasteiger partial charge on any atom is -0.382 e. The molecule has 1 N–H and O–H groups in total. The van der Waals surface area contributed by atoms with E-state index in [4.69, 9.17) is 9.47 Å². The van der Waals surface area contributed by atoms with Gasteiger partial charge in [-0.2, -0.15) is 0 Å². The summed E-state index contributed by atoms with van der Waals surface area (Å²) in [5, 5.41) is 3.46. The van der Waals surface area contributed by atoms with Crippen LogP contribution in [-0.4, -0.2) is 40.0 Å². The van der Waals surface area contributed by atoms with Crippen LogP contribution in [0.4, 0.5) is 0 Å². The lowest BCUT2D eigenvalue weighted by atomic mass is 9.94. The van der Waals surface area contributed by atoms with Crippen molar-refractivity contribution in [1.29, 1.82) is 0 Å². The second kappa shape index (κ2) is 10.8. The Morgan fingerprint density at radius 3 is 2.65 bits per heavy atom. The van der Waals surface area contributed by atoms with Gasteiger partial charge in [-0.05, 0) is 49.9 Å². The molecule has 0 bridgehead atoms. The van der Waals surface area contributed by atoms with E-state index in [9.17, 15) is 0 Å². The summed E-state index contributed by atoms with van der Waals surface area (Å²) in [6.07, 6.45) is 2.21. The van der Waals surface area contributed by atoms with Crippen molar-refractivity contribution in [2.24, 2.45) is 5.92 Å². The van der Waals surface area contributed by atoms with E-state index in [0.717, 1.165) is 32.5 Å². The standard InChI is InChI=1S/C17H29NO2/c1-4-18-14-16(9-10-20-12-11-19-3)13-17-8-6-5-7-15(17)2/h5-8,16,18H,4,9-14H2,1-3H3. The number of rotatable bonds is 11. The van der Waals surface area contributed by atoms with Gasteiger partial charge in [-0.1, -0.05) is 31.2 Å². The van der Waals surface area contributed by atoms with Crippen molar-refractivity contribution in [1.82, 2.24) is 5.32 Å². The van der Waals surface area contributed by atoms with E-state index >= 15 is 0 Å². The van der Waals surface area contributed by atoms with Crippen LogP contribution in [0.5, 0.6) is 0 Å². The van der Waals surface area contributed by atoms with Crippen molar-refractivity contribution in [2.45, 2.75) is 26.7 Å². The molecule has 1 atom stereocenters. The molecule has 0 aliphatic rings. The average Bonchev–Trinajstić information content (AvgIpc) is 2.46. The highest BCUT2D eigenvalue weighted by Crippen LogP contribution is 2.15. The molecule has 1 aromatic rings. The molecule has 1 rings (SSSR count). The predicted octanol–water partition coefficient (Wildman–Crippen LogP) is 2.82. The fourth-order valence-corrected chi connectivity index (χ4v) is 2.27. The zero-order chi connectivity index (χ0) is 14.6. The number of ether oxygens (including phenoxy) is 2. The summed E-state index contributed by atoms with van der Waals surface area (Å²) < 4.78 is 10.6. The summed E-state index contributed by atoms with van der Waals surface area (Å²) in [5.41, 5.74) is 2.83. The molecule has 0 aliphatic heterocycles. The van der Waals surface area contributed by atoms with E-state index in [0.29, 0.717) is 19.1 Å².